The number of carboxylic acid groups (broad SMARTS) is 1. The molecular formula is C16H18F4N2O3. The van der Waals surface area contributed by atoms with E-state index in [0.717, 1.165) is 17.0 Å². The molecule has 2 N–H and O–H groups in total. The van der Waals surface area contributed by atoms with E-state index < -0.39 is 34.9 Å². The lowest BCUT2D eigenvalue weighted by atomic mass is 9.84. The van der Waals surface area contributed by atoms with Gasteiger partial charge in [-0.05, 0) is 38.1 Å². The fourth-order valence-electron chi connectivity index (χ4n) is 2.86. The maximum atomic E-state index is 14.5. The molecule has 0 aromatic heterocycles. The summed E-state index contributed by atoms with van der Waals surface area (Å²) in [4.78, 5) is 23.3. The third kappa shape index (κ3) is 4.28. The first kappa shape index (κ1) is 19.2. The predicted octanol–water partition coefficient (Wildman–Crippen LogP) is 2.70. The lowest BCUT2D eigenvalue weighted by Crippen LogP contribution is -2.50. The van der Waals surface area contributed by atoms with Crippen LogP contribution in [0.3, 0.4) is 0 Å². The summed E-state index contributed by atoms with van der Waals surface area (Å²) in [5, 5.41) is 11.9. The predicted molar refractivity (Wildman–Crippen MR) is 82.3 cm³/mol. The van der Waals surface area contributed by atoms with Crippen LogP contribution >= 0.6 is 0 Å². The number of piperidine rings is 1. The van der Waals surface area contributed by atoms with Gasteiger partial charge in [-0.1, -0.05) is 0 Å². The first-order valence-corrected chi connectivity index (χ1v) is 7.62. The fraction of sp³-hybridized carbons (Fsp3) is 0.500. The van der Waals surface area contributed by atoms with Crippen molar-refractivity contribution in [2.45, 2.75) is 25.2 Å². The second kappa shape index (κ2) is 6.99. The Morgan fingerprint density at radius 1 is 1.48 bits per heavy atom. The van der Waals surface area contributed by atoms with Crippen LogP contribution in [0.15, 0.2) is 18.2 Å². The molecule has 9 heteroatoms. The highest BCUT2D eigenvalue weighted by Gasteiger charge is 2.39. The lowest BCUT2D eigenvalue weighted by Gasteiger charge is -2.37. The summed E-state index contributed by atoms with van der Waals surface area (Å²) in [5.74, 6) is -2.32. The summed E-state index contributed by atoms with van der Waals surface area (Å²) < 4.78 is 53.8. The molecule has 0 saturated carbocycles. The van der Waals surface area contributed by atoms with Gasteiger partial charge >= 0.3 is 12.1 Å². The highest BCUT2D eigenvalue weighted by Crippen LogP contribution is 2.35. The number of hydrogen-bond acceptors (Lipinski definition) is 3. The smallest absolute Gasteiger partial charge is 0.417 e. The number of nitrogens with one attached hydrogen (secondary N) is 1. The van der Waals surface area contributed by atoms with Crippen molar-refractivity contribution in [1.82, 2.24) is 5.32 Å². The normalized spacial score (nSPS) is 24.0. The van der Waals surface area contributed by atoms with Crippen LogP contribution in [-0.4, -0.2) is 42.8 Å². The Kier molecular flexibility index (Phi) is 5.36. The standard InChI is InChI=1S/C16H18F4N2O3/c1-15(17)4-5-21-7-10(15)8-22(9-23)11-2-3-12(14(24)25)13(6-11)16(18,19)20/h2-3,6,9-10,21H,4-5,7-8H2,1H3,(H,24,25). The monoisotopic (exact) mass is 362 g/mol. The number of aromatic carboxylic acids is 1. The van der Waals surface area contributed by atoms with Crippen LogP contribution in [-0.2, 0) is 11.0 Å². The molecule has 0 radical (unpaired) electrons. The Hall–Kier alpha value is -2.16. The molecule has 1 amide bonds. The van der Waals surface area contributed by atoms with E-state index in [2.05, 4.69) is 5.32 Å². The third-order valence-corrected chi connectivity index (χ3v) is 4.45. The summed E-state index contributed by atoms with van der Waals surface area (Å²) in [5.41, 5.74) is -3.94. The van der Waals surface area contributed by atoms with E-state index in [9.17, 15) is 27.2 Å². The quantitative estimate of drug-likeness (QED) is 0.624. The third-order valence-electron chi connectivity index (χ3n) is 4.45. The molecule has 25 heavy (non-hydrogen) atoms. The average Bonchev–Trinajstić information content (AvgIpc) is 2.52. The second-order valence-corrected chi connectivity index (χ2v) is 6.22. The van der Waals surface area contributed by atoms with Crippen molar-refractivity contribution in [2.24, 2.45) is 5.92 Å². The van der Waals surface area contributed by atoms with Gasteiger partial charge < -0.3 is 15.3 Å². The minimum Gasteiger partial charge on any atom is -0.478 e. The highest BCUT2D eigenvalue weighted by atomic mass is 19.4. The summed E-state index contributed by atoms with van der Waals surface area (Å²) in [6, 6.07) is 2.51. The summed E-state index contributed by atoms with van der Waals surface area (Å²) in [6.07, 6.45) is -4.34. The zero-order valence-corrected chi connectivity index (χ0v) is 13.4. The number of rotatable bonds is 5. The van der Waals surface area contributed by atoms with Crippen LogP contribution in [0.2, 0.25) is 0 Å². The molecule has 1 aromatic carbocycles. The van der Waals surface area contributed by atoms with Crippen molar-refractivity contribution in [2.75, 3.05) is 24.5 Å². The molecule has 2 atom stereocenters. The van der Waals surface area contributed by atoms with Crippen LogP contribution in [0.25, 0.3) is 0 Å². The number of alkyl halides is 4. The van der Waals surface area contributed by atoms with Crippen molar-refractivity contribution in [3.05, 3.63) is 29.3 Å². The first-order valence-electron chi connectivity index (χ1n) is 7.62. The topological polar surface area (TPSA) is 69.6 Å². The number of benzene rings is 1. The van der Waals surface area contributed by atoms with Crippen LogP contribution in [0.4, 0.5) is 23.2 Å². The number of anilines is 1. The molecule has 1 aromatic rings. The van der Waals surface area contributed by atoms with Gasteiger partial charge in [0.2, 0.25) is 6.41 Å². The van der Waals surface area contributed by atoms with Crippen molar-refractivity contribution in [3.8, 4) is 0 Å². The van der Waals surface area contributed by atoms with Crippen molar-refractivity contribution < 1.29 is 32.3 Å². The second-order valence-electron chi connectivity index (χ2n) is 6.22. The molecule has 0 spiro atoms. The molecule has 1 saturated heterocycles. The summed E-state index contributed by atoms with van der Waals surface area (Å²) in [6.45, 7) is 2.05. The van der Waals surface area contributed by atoms with Crippen molar-refractivity contribution >= 4 is 18.1 Å². The number of carbonyl (C=O) groups excluding carboxylic acids is 1. The lowest BCUT2D eigenvalue weighted by molar-refractivity contribution is -0.138. The molecule has 1 fully saturated rings. The molecule has 1 heterocycles. The minimum absolute atomic E-state index is 0.118. The van der Waals surface area contributed by atoms with E-state index in [4.69, 9.17) is 5.11 Å². The molecular weight excluding hydrogens is 344 g/mol. The van der Waals surface area contributed by atoms with E-state index in [1.165, 1.54) is 6.92 Å². The maximum absolute atomic E-state index is 14.5. The molecule has 5 nitrogen and oxygen atoms in total. The van der Waals surface area contributed by atoms with Gasteiger partial charge in [0.1, 0.15) is 5.67 Å². The van der Waals surface area contributed by atoms with Crippen LogP contribution in [0, 0.1) is 5.92 Å². The van der Waals surface area contributed by atoms with Gasteiger partial charge in [-0.3, -0.25) is 4.79 Å². The fourth-order valence-corrected chi connectivity index (χ4v) is 2.86. The maximum Gasteiger partial charge on any atom is 0.417 e. The van der Waals surface area contributed by atoms with Gasteiger partial charge in [-0.15, -0.1) is 0 Å². The zero-order valence-electron chi connectivity index (χ0n) is 13.4. The van der Waals surface area contributed by atoms with E-state index in [0.29, 0.717) is 19.0 Å². The van der Waals surface area contributed by atoms with Crippen LogP contribution in [0.1, 0.15) is 29.3 Å². The van der Waals surface area contributed by atoms with Crippen molar-refractivity contribution in [1.29, 1.82) is 0 Å². The Labute approximate surface area is 141 Å². The molecule has 2 rings (SSSR count). The molecule has 2 unspecified atom stereocenters. The number of nitrogens with zero attached hydrogens (tertiary/aromatic N) is 1. The Balaban J connectivity index is 2.34. The summed E-state index contributed by atoms with van der Waals surface area (Å²) in [7, 11) is 0. The van der Waals surface area contributed by atoms with Gasteiger partial charge in [0, 0.05) is 24.7 Å². The number of carbonyl (C=O) groups is 2. The van der Waals surface area contributed by atoms with Gasteiger partial charge in [0.15, 0.2) is 0 Å². The van der Waals surface area contributed by atoms with Gasteiger partial charge in [-0.25, -0.2) is 9.18 Å². The molecule has 0 bridgehead atoms. The first-order chi connectivity index (χ1) is 11.6. The molecule has 138 valence electrons. The average molecular weight is 362 g/mol. The largest absolute Gasteiger partial charge is 0.478 e. The van der Waals surface area contributed by atoms with Crippen molar-refractivity contribution in [3.63, 3.8) is 0 Å². The number of carboxylic acids is 1. The Bertz CT molecular complexity index is 661. The highest BCUT2D eigenvalue weighted by molar-refractivity contribution is 5.91. The van der Waals surface area contributed by atoms with Gasteiger partial charge in [0.05, 0.1) is 11.1 Å². The van der Waals surface area contributed by atoms with E-state index in [1.54, 1.807) is 0 Å². The minimum atomic E-state index is -4.89. The SMILES string of the molecule is CC1(F)CCNCC1CN(C=O)c1ccc(C(=O)O)c(C(F)(F)F)c1. The Morgan fingerprint density at radius 3 is 2.68 bits per heavy atom. The summed E-state index contributed by atoms with van der Waals surface area (Å²) >= 11 is 0. The molecule has 1 aliphatic rings. The van der Waals surface area contributed by atoms with Crippen LogP contribution < -0.4 is 10.2 Å². The van der Waals surface area contributed by atoms with E-state index in [1.807, 2.05) is 0 Å². The van der Waals surface area contributed by atoms with Gasteiger partial charge in [0.25, 0.3) is 0 Å². The molecule has 1 aliphatic heterocycles. The van der Waals surface area contributed by atoms with Crippen LogP contribution in [0.5, 0.6) is 0 Å². The molecule has 0 aliphatic carbocycles. The number of amides is 1. The zero-order chi connectivity index (χ0) is 18.8. The number of halogens is 4. The van der Waals surface area contributed by atoms with E-state index in [-0.39, 0.29) is 25.2 Å². The number of hydrogen-bond donors (Lipinski definition) is 2. The van der Waals surface area contributed by atoms with Gasteiger partial charge in [-0.2, -0.15) is 13.2 Å². The Morgan fingerprint density at radius 2 is 2.16 bits per heavy atom. The van der Waals surface area contributed by atoms with E-state index >= 15 is 0 Å².